The standard InChI is InChI=1S/C18H23ClN2O3S2/c1-12-5-7-21(8-6-12)18(25)26-11-17(23)24-10-16(22)20-15-4-3-13(2)9-14(15)19/h3-4,9,12H,5-8,10-11H2,1-2H3,(H,20,22). The van der Waals surface area contributed by atoms with Crippen LogP contribution in [0.3, 0.4) is 0 Å². The fourth-order valence-electron chi connectivity index (χ4n) is 2.50. The van der Waals surface area contributed by atoms with Crippen LogP contribution >= 0.6 is 35.6 Å². The molecule has 0 bridgehead atoms. The van der Waals surface area contributed by atoms with Crippen LogP contribution in [0.1, 0.15) is 25.3 Å². The molecule has 1 saturated heterocycles. The van der Waals surface area contributed by atoms with Gasteiger partial charge in [-0.25, -0.2) is 0 Å². The summed E-state index contributed by atoms with van der Waals surface area (Å²) in [4.78, 5) is 25.8. The Morgan fingerprint density at radius 1 is 1.38 bits per heavy atom. The SMILES string of the molecule is Cc1ccc(NC(=O)COC(=O)CSC(=S)N2CCC(C)CC2)c(Cl)c1. The fourth-order valence-corrected chi connectivity index (χ4v) is 3.83. The highest BCUT2D eigenvalue weighted by atomic mass is 35.5. The van der Waals surface area contributed by atoms with E-state index in [1.165, 1.54) is 11.8 Å². The molecule has 1 amide bonds. The van der Waals surface area contributed by atoms with E-state index in [2.05, 4.69) is 17.1 Å². The summed E-state index contributed by atoms with van der Waals surface area (Å²) in [5.74, 6) is -0.0668. The molecule has 0 aliphatic carbocycles. The minimum absolute atomic E-state index is 0.101. The number of anilines is 1. The molecule has 0 saturated carbocycles. The van der Waals surface area contributed by atoms with E-state index in [1.807, 2.05) is 13.0 Å². The van der Waals surface area contributed by atoms with E-state index < -0.39 is 11.9 Å². The lowest BCUT2D eigenvalue weighted by atomic mass is 10.00. The van der Waals surface area contributed by atoms with Gasteiger partial charge in [0, 0.05) is 13.1 Å². The Balaban J connectivity index is 1.68. The highest BCUT2D eigenvalue weighted by Gasteiger charge is 2.19. The smallest absolute Gasteiger partial charge is 0.316 e. The predicted molar refractivity (Wildman–Crippen MR) is 111 cm³/mol. The number of benzene rings is 1. The van der Waals surface area contributed by atoms with Crippen LogP contribution in [-0.2, 0) is 14.3 Å². The minimum Gasteiger partial charge on any atom is -0.455 e. The van der Waals surface area contributed by atoms with Crippen molar-refractivity contribution < 1.29 is 14.3 Å². The lowest BCUT2D eigenvalue weighted by Crippen LogP contribution is -2.36. The highest BCUT2D eigenvalue weighted by Crippen LogP contribution is 2.23. The van der Waals surface area contributed by atoms with Gasteiger partial charge < -0.3 is 15.0 Å². The van der Waals surface area contributed by atoms with Crippen molar-refractivity contribution in [1.82, 2.24) is 4.90 Å². The second-order valence-corrected chi connectivity index (χ2v) is 8.43. The average molecular weight is 415 g/mol. The number of aryl methyl sites for hydroxylation is 1. The van der Waals surface area contributed by atoms with Gasteiger partial charge in [-0.2, -0.15) is 0 Å². The number of ether oxygens (including phenoxy) is 1. The Labute approximate surface area is 168 Å². The molecular weight excluding hydrogens is 392 g/mol. The third kappa shape index (κ3) is 6.78. The Hall–Kier alpha value is -1.31. The number of halogens is 1. The zero-order valence-electron chi connectivity index (χ0n) is 14.9. The van der Waals surface area contributed by atoms with Crippen molar-refractivity contribution in [2.75, 3.05) is 30.8 Å². The molecule has 0 aromatic heterocycles. The summed E-state index contributed by atoms with van der Waals surface area (Å²) in [5, 5.41) is 3.07. The van der Waals surface area contributed by atoms with Crippen LogP contribution in [0.15, 0.2) is 18.2 Å². The summed E-state index contributed by atoms with van der Waals surface area (Å²) in [5.41, 5.74) is 1.49. The first-order valence-corrected chi connectivity index (χ1v) is 10.3. The fraction of sp³-hybridized carbons (Fsp3) is 0.500. The maximum absolute atomic E-state index is 11.9. The number of hydrogen-bond donors (Lipinski definition) is 1. The third-order valence-corrected chi connectivity index (χ3v) is 5.93. The predicted octanol–water partition coefficient (Wildman–Crippen LogP) is 3.88. The molecule has 1 aromatic rings. The van der Waals surface area contributed by atoms with E-state index in [9.17, 15) is 9.59 Å². The Morgan fingerprint density at radius 3 is 2.73 bits per heavy atom. The largest absolute Gasteiger partial charge is 0.455 e. The van der Waals surface area contributed by atoms with Gasteiger partial charge in [-0.15, -0.1) is 0 Å². The van der Waals surface area contributed by atoms with Gasteiger partial charge in [-0.3, -0.25) is 9.59 Å². The second kappa shape index (κ2) is 10.1. The van der Waals surface area contributed by atoms with Crippen LogP contribution in [0, 0.1) is 12.8 Å². The Kier molecular flexibility index (Phi) is 8.18. The molecule has 1 N–H and O–H groups in total. The van der Waals surface area contributed by atoms with Gasteiger partial charge in [0.15, 0.2) is 6.61 Å². The summed E-state index contributed by atoms with van der Waals surface area (Å²) in [6.07, 6.45) is 2.24. The number of likely N-dealkylation sites (tertiary alicyclic amines) is 1. The first-order valence-electron chi connectivity index (χ1n) is 8.48. The molecule has 142 valence electrons. The van der Waals surface area contributed by atoms with Crippen LogP contribution in [0.25, 0.3) is 0 Å². The molecule has 0 atom stereocenters. The summed E-state index contributed by atoms with van der Waals surface area (Å²) < 4.78 is 5.71. The number of hydrogen-bond acceptors (Lipinski definition) is 5. The molecule has 0 unspecified atom stereocenters. The van der Waals surface area contributed by atoms with Crippen molar-refractivity contribution in [3.05, 3.63) is 28.8 Å². The molecule has 0 radical (unpaired) electrons. The van der Waals surface area contributed by atoms with Crippen molar-refractivity contribution in [3.8, 4) is 0 Å². The molecule has 5 nitrogen and oxygen atoms in total. The first-order chi connectivity index (χ1) is 12.3. The molecular formula is C18H23ClN2O3S2. The number of nitrogens with one attached hydrogen (secondary N) is 1. The molecule has 2 rings (SSSR count). The molecule has 0 spiro atoms. The normalized spacial score (nSPS) is 14.8. The van der Waals surface area contributed by atoms with Crippen LogP contribution in [0.2, 0.25) is 5.02 Å². The van der Waals surface area contributed by atoms with E-state index in [4.69, 9.17) is 28.6 Å². The molecule has 1 heterocycles. The first kappa shape index (κ1) is 21.0. The van der Waals surface area contributed by atoms with Gasteiger partial charge in [-0.05, 0) is 43.4 Å². The van der Waals surface area contributed by atoms with Gasteiger partial charge in [0.2, 0.25) is 0 Å². The third-order valence-electron chi connectivity index (χ3n) is 4.12. The average Bonchev–Trinajstić information content (AvgIpc) is 2.61. The zero-order valence-corrected chi connectivity index (χ0v) is 17.3. The van der Waals surface area contributed by atoms with E-state index in [0.717, 1.165) is 37.4 Å². The van der Waals surface area contributed by atoms with Crippen molar-refractivity contribution in [2.45, 2.75) is 26.7 Å². The summed E-state index contributed by atoms with van der Waals surface area (Å²) >= 11 is 12.7. The minimum atomic E-state index is -0.465. The number of carbonyl (C=O) groups excluding carboxylic acids is 2. The quantitative estimate of drug-likeness (QED) is 0.582. The summed E-state index contributed by atoms with van der Waals surface area (Å²) in [6, 6.07) is 5.31. The summed E-state index contributed by atoms with van der Waals surface area (Å²) in [7, 11) is 0. The topological polar surface area (TPSA) is 58.6 Å². The Bertz CT molecular complexity index is 676. The number of amides is 1. The maximum atomic E-state index is 11.9. The van der Waals surface area contributed by atoms with E-state index in [-0.39, 0.29) is 12.4 Å². The van der Waals surface area contributed by atoms with Gasteiger partial charge in [0.1, 0.15) is 4.32 Å². The van der Waals surface area contributed by atoms with Crippen LogP contribution in [0.4, 0.5) is 5.69 Å². The molecule has 8 heteroatoms. The monoisotopic (exact) mass is 414 g/mol. The molecule has 1 aromatic carbocycles. The molecule has 26 heavy (non-hydrogen) atoms. The van der Waals surface area contributed by atoms with Gasteiger partial charge in [0.05, 0.1) is 16.5 Å². The number of thiocarbonyl (C=S) groups is 1. The number of esters is 1. The number of piperidine rings is 1. The van der Waals surface area contributed by atoms with Crippen LogP contribution in [-0.4, -0.2) is 46.5 Å². The van der Waals surface area contributed by atoms with Crippen LogP contribution < -0.4 is 5.32 Å². The van der Waals surface area contributed by atoms with Gasteiger partial charge >= 0.3 is 5.97 Å². The van der Waals surface area contributed by atoms with Crippen molar-refractivity contribution in [2.24, 2.45) is 5.92 Å². The highest BCUT2D eigenvalue weighted by molar-refractivity contribution is 8.23. The van der Waals surface area contributed by atoms with Gasteiger partial charge in [0.25, 0.3) is 5.91 Å². The number of nitrogens with zero attached hydrogens (tertiary/aromatic N) is 1. The second-order valence-electron chi connectivity index (χ2n) is 6.42. The molecule has 1 aliphatic rings. The lowest BCUT2D eigenvalue weighted by Gasteiger charge is -2.31. The van der Waals surface area contributed by atoms with E-state index in [1.54, 1.807) is 12.1 Å². The van der Waals surface area contributed by atoms with E-state index in [0.29, 0.717) is 15.0 Å². The number of carbonyl (C=O) groups is 2. The lowest BCUT2D eigenvalue weighted by molar-refractivity contribution is -0.144. The number of thioether (sulfide) groups is 1. The zero-order chi connectivity index (χ0) is 19.1. The number of rotatable bonds is 5. The van der Waals surface area contributed by atoms with Crippen molar-refractivity contribution in [3.63, 3.8) is 0 Å². The molecule has 1 fully saturated rings. The van der Waals surface area contributed by atoms with Crippen molar-refractivity contribution >= 4 is 57.5 Å². The van der Waals surface area contributed by atoms with Crippen molar-refractivity contribution in [1.29, 1.82) is 0 Å². The summed E-state index contributed by atoms with van der Waals surface area (Å²) in [6.45, 7) is 5.66. The molecule has 1 aliphatic heterocycles. The van der Waals surface area contributed by atoms with E-state index >= 15 is 0 Å². The maximum Gasteiger partial charge on any atom is 0.316 e. The Morgan fingerprint density at radius 2 is 2.08 bits per heavy atom. The van der Waals surface area contributed by atoms with Gasteiger partial charge in [-0.1, -0.05) is 48.6 Å². The van der Waals surface area contributed by atoms with Crippen LogP contribution in [0.5, 0.6) is 0 Å².